The number of rotatable bonds is 1. The molecule has 0 heterocycles. The summed E-state index contributed by atoms with van der Waals surface area (Å²) in [6, 6.07) is 0. The molecule has 0 fully saturated rings. The fraction of sp³-hybridized carbons (Fsp3) is 0.722. The van der Waals surface area contributed by atoms with Crippen LogP contribution < -0.4 is 0 Å². The van der Waals surface area contributed by atoms with E-state index in [0.717, 1.165) is 12.8 Å². The first-order valence-electron chi connectivity index (χ1n) is 7.95. The van der Waals surface area contributed by atoms with Crippen molar-refractivity contribution in [2.24, 2.45) is 11.3 Å². The van der Waals surface area contributed by atoms with Crippen molar-refractivity contribution in [1.29, 1.82) is 0 Å². The van der Waals surface area contributed by atoms with Crippen LogP contribution in [-0.2, 0) is 4.79 Å². The fourth-order valence-corrected chi connectivity index (χ4v) is 5.99. The van der Waals surface area contributed by atoms with Gasteiger partial charge in [0.25, 0.3) is 0 Å². The summed E-state index contributed by atoms with van der Waals surface area (Å²) < 4.78 is 0. The molecule has 0 saturated heterocycles. The second-order valence-electron chi connectivity index (χ2n) is 8.50. The van der Waals surface area contributed by atoms with Gasteiger partial charge in [0.05, 0.1) is 8.07 Å². The minimum Gasteiger partial charge on any atom is -0.299 e. The number of Topliss-reactive ketones (excluding diaryl/α,β-unsaturated/α-hetero) is 1. The summed E-state index contributed by atoms with van der Waals surface area (Å²) >= 11 is 0. The smallest absolute Gasteiger partial charge is 0.140 e. The van der Waals surface area contributed by atoms with E-state index in [1.54, 1.807) is 5.57 Å². The van der Waals surface area contributed by atoms with E-state index >= 15 is 0 Å². The van der Waals surface area contributed by atoms with Crippen molar-refractivity contribution >= 4 is 13.9 Å². The molecule has 0 aromatic heterocycles. The molecule has 20 heavy (non-hydrogen) atoms. The number of fused-ring (bicyclic) bond motifs is 1. The van der Waals surface area contributed by atoms with E-state index in [1.807, 2.05) is 0 Å². The Bertz CT molecular complexity index is 488. The third-order valence-electron chi connectivity index (χ3n) is 5.45. The summed E-state index contributed by atoms with van der Waals surface area (Å²) in [4.78, 5) is 13.2. The standard InChI is InChI=1S/C18H30OSi/c1-12-8-9-14-13(2)11-16(20(5,6)7)17(19)18(3,4)15(14)10-12/h10,15-16H,8-9,11H2,1-7H3/t15-,16+/m0/s1. The molecular weight excluding hydrogens is 260 g/mol. The van der Waals surface area contributed by atoms with Crippen molar-refractivity contribution in [3.8, 4) is 0 Å². The highest BCUT2D eigenvalue weighted by atomic mass is 28.3. The molecule has 1 nitrogen and oxygen atoms in total. The maximum absolute atomic E-state index is 13.2. The molecule has 0 bridgehead atoms. The molecule has 112 valence electrons. The summed E-state index contributed by atoms with van der Waals surface area (Å²) in [5.74, 6) is 0.854. The van der Waals surface area contributed by atoms with Crippen LogP contribution in [0.25, 0.3) is 0 Å². The van der Waals surface area contributed by atoms with Crippen LogP contribution in [0.5, 0.6) is 0 Å². The molecule has 2 aliphatic carbocycles. The van der Waals surface area contributed by atoms with E-state index in [9.17, 15) is 4.79 Å². The van der Waals surface area contributed by atoms with Crippen molar-refractivity contribution in [3.05, 3.63) is 22.8 Å². The second kappa shape index (κ2) is 4.98. The van der Waals surface area contributed by atoms with E-state index in [0.29, 0.717) is 11.7 Å². The van der Waals surface area contributed by atoms with Gasteiger partial charge in [0, 0.05) is 16.9 Å². The quantitative estimate of drug-likeness (QED) is 0.469. The zero-order valence-electron chi connectivity index (χ0n) is 14.3. The molecule has 0 radical (unpaired) electrons. The average molecular weight is 291 g/mol. The lowest BCUT2D eigenvalue weighted by Crippen LogP contribution is -2.42. The molecule has 2 rings (SSSR count). The maximum atomic E-state index is 13.2. The molecule has 2 aliphatic rings. The predicted molar refractivity (Wildman–Crippen MR) is 89.7 cm³/mol. The topological polar surface area (TPSA) is 17.1 Å². The van der Waals surface area contributed by atoms with Crippen LogP contribution in [0.3, 0.4) is 0 Å². The molecule has 0 aromatic carbocycles. The van der Waals surface area contributed by atoms with Crippen LogP contribution >= 0.6 is 0 Å². The molecule has 0 spiro atoms. The highest BCUT2D eigenvalue weighted by molar-refractivity contribution is 6.80. The van der Waals surface area contributed by atoms with E-state index in [-0.39, 0.29) is 11.0 Å². The Balaban J connectivity index is 2.56. The molecule has 0 aliphatic heterocycles. The largest absolute Gasteiger partial charge is 0.299 e. The Morgan fingerprint density at radius 1 is 1.15 bits per heavy atom. The fourth-order valence-electron chi connectivity index (χ4n) is 3.91. The zero-order chi connectivity index (χ0) is 15.3. The van der Waals surface area contributed by atoms with Gasteiger partial charge < -0.3 is 0 Å². The van der Waals surface area contributed by atoms with E-state index in [4.69, 9.17) is 0 Å². The molecule has 0 N–H and O–H groups in total. The summed E-state index contributed by atoms with van der Waals surface area (Å²) in [6.45, 7) is 15.9. The molecule has 0 aromatic rings. The highest BCUT2D eigenvalue weighted by Crippen LogP contribution is 2.50. The zero-order valence-corrected chi connectivity index (χ0v) is 15.3. The number of carbonyl (C=O) groups excluding carboxylic acids is 1. The number of carbonyl (C=O) groups is 1. The van der Waals surface area contributed by atoms with Gasteiger partial charge in [0.15, 0.2) is 0 Å². The van der Waals surface area contributed by atoms with Crippen molar-refractivity contribution in [1.82, 2.24) is 0 Å². The van der Waals surface area contributed by atoms with Gasteiger partial charge in [-0.15, -0.1) is 0 Å². The summed E-state index contributed by atoms with van der Waals surface area (Å²) in [6.07, 6.45) is 5.72. The maximum Gasteiger partial charge on any atom is 0.140 e. The Hall–Kier alpha value is -0.633. The Labute approximate surface area is 125 Å². The minimum absolute atomic E-state index is 0.236. The van der Waals surface area contributed by atoms with E-state index in [2.05, 4.69) is 53.4 Å². The van der Waals surface area contributed by atoms with Gasteiger partial charge in [-0.1, -0.05) is 56.3 Å². The van der Waals surface area contributed by atoms with Crippen LogP contribution in [0.1, 0.15) is 47.0 Å². The van der Waals surface area contributed by atoms with Crippen LogP contribution in [0.4, 0.5) is 0 Å². The summed E-state index contributed by atoms with van der Waals surface area (Å²) in [7, 11) is -1.47. The SMILES string of the molecule is CC1=C[C@H]2C(=C(C)C[C@@H]([Si](C)(C)C)C(=O)C2(C)C)CC1. The number of ketones is 1. The monoisotopic (exact) mass is 290 g/mol. The highest BCUT2D eigenvalue weighted by Gasteiger charge is 2.47. The first-order valence-corrected chi connectivity index (χ1v) is 11.5. The second-order valence-corrected chi connectivity index (χ2v) is 13.9. The predicted octanol–water partition coefficient (Wildman–Crippen LogP) is 5.37. The van der Waals surface area contributed by atoms with Gasteiger partial charge >= 0.3 is 0 Å². The van der Waals surface area contributed by atoms with Crippen molar-refractivity contribution in [2.45, 2.75) is 72.1 Å². The Morgan fingerprint density at radius 3 is 2.30 bits per heavy atom. The lowest BCUT2D eigenvalue weighted by atomic mass is 9.68. The van der Waals surface area contributed by atoms with Crippen LogP contribution in [0.2, 0.25) is 25.2 Å². The molecular formula is C18H30OSi. The molecule has 2 atom stereocenters. The first-order chi connectivity index (χ1) is 9.05. The van der Waals surface area contributed by atoms with Gasteiger partial charge in [0.1, 0.15) is 5.78 Å². The molecule has 0 unspecified atom stereocenters. The van der Waals surface area contributed by atoms with Gasteiger partial charge in [-0.05, 0) is 33.1 Å². The first kappa shape index (κ1) is 15.8. The minimum atomic E-state index is -1.47. The molecule has 0 amide bonds. The van der Waals surface area contributed by atoms with Crippen molar-refractivity contribution in [2.75, 3.05) is 0 Å². The molecule has 2 heteroatoms. The van der Waals surface area contributed by atoms with Crippen molar-refractivity contribution in [3.63, 3.8) is 0 Å². The van der Waals surface area contributed by atoms with Crippen LogP contribution in [0, 0.1) is 11.3 Å². The lowest BCUT2D eigenvalue weighted by molar-refractivity contribution is -0.128. The van der Waals surface area contributed by atoms with Gasteiger partial charge in [-0.2, -0.15) is 0 Å². The van der Waals surface area contributed by atoms with E-state index < -0.39 is 8.07 Å². The van der Waals surface area contributed by atoms with E-state index in [1.165, 1.54) is 17.6 Å². The van der Waals surface area contributed by atoms with Gasteiger partial charge in [-0.25, -0.2) is 0 Å². The normalized spacial score (nSPS) is 30.8. The number of allylic oxidation sites excluding steroid dienone is 4. The molecule has 0 saturated carbocycles. The lowest BCUT2D eigenvalue weighted by Gasteiger charge is -2.38. The van der Waals surface area contributed by atoms with Gasteiger partial charge in [-0.3, -0.25) is 4.79 Å². The van der Waals surface area contributed by atoms with Gasteiger partial charge in [0.2, 0.25) is 0 Å². The summed E-state index contributed by atoms with van der Waals surface area (Å²) in [5, 5.41) is 0. The number of hydrogen-bond donors (Lipinski definition) is 0. The number of hydrogen-bond acceptors (Lipinski definition) is 1. The Morgan fingerprint density at radius 2 is 1.75 bits per heavy atom. The third-order valence-corrected chi connectivity index (χ3v) is 8.01. The Kier molecular flexibility index (Phi) is 3.92. The van der Waals surface area contributed by atoms with Crippen LogP contribution in [-0.4, -0.2) is 13.9 Å². The van der Waals surface area contributed by atoms with Crippen LogP contribution in [0.15, 0.2) is 22.8 Å². The average Bonchev–Trinajstić information content (AvgIpc) is 2.39. The third kappa shape index (κ3) is 2.59. The summed E-state index contributed by atoms with van der Waals surface area (Å²) in [5.41, 5.74) is 4.57. The van der Waals surface area contributed by atoms with Crippen molar-refractivity contribution < 1.29 is 4.79 Å².